The Hall–Kier alpha value is -1.56. The second-order valence-corrected chi connectivity index (χ2v) is 4.76. The molecule has 0 atom stereocenters. The number of aryl methyl sites for hydroxylation is 1. The van der Waals surface area contributed by atoms with E-state index >= 15 is 0 Å². The third-order valence-electron chi connectivity index (χ3n) is 3.16. The van der Waals surface area contributed by atoms with Gasteiger partial charge in [0.1, 0.15) is 5.69 Å². The number of carbonyl (C=O) groups excluding carboxylic acids is 1. The van der Waals surface area contributed by atoms with Gasteiger partial charge < -0.3 is 5.32 Å². The fourth-order valence-electron chi connectivity index (χ4n) is 2.04. The van der Waals surface area contributed by atoms with Gasteiger partial charge in [-0.05, 0) is 31.9 Å². The van der Waals surface area contributed by atoms with Crippen molar-refractivity contribution in [3.05, 3.63) is 28.4 Å². The number of hydrogen-bond acceptors (Lipinski definition) is 3. The highest BCUT2D eigenvalue weighted by molar-refractivity contribution is 6.18. The summed E-state index contributed by atoms with van der Waals surface area (Å²) in [5.74, 6) is -0.185. The Bertz CT molecular complexity index is 452. The molecule has 2 heterocycles. The van der Waals surface area contributed by atoms with Crippen molar-refractivity contribution in [1.29, 1.82) is 0 Å². The number of hydrogen-bond donors (Lipinski definition) is 1. The summed E-state index contributed by atoms with van der Waals surface area (Å²) in [6.45, 7) is 2.99. The molecule has 1 amide bonds. The highest BCUT2D eigenvalue weighted by atomic mass is 35.5. The van der Waals surface area contributed by atoms with Crippen molar-refractivity contribution >= 4 is 17.7 Å². The zero-order chi connectivity index (χ0) is 13.1. The highest BCUT2D eigenvalue weighted by Gasteiger charge is 2.22. The lowest BCUT2D eigenvalue weighted by atomic mass is 10.1. The van der Waals surface area contributed by atoms with E-state index in [-0.39, 0.29) is 11.9 Å². The minimum atomic E-state index is -0.185. The molecular formula is C11H15ClN4O2. The van der Waals surface area contributed by atoms with E-state index in [0.717, 1.165) is 18.5 Å². The van der Waals surface area contributed by atoms with Gasteiger partial charge in [0.15, 0.2) is 0 Å². The van der Waals surface area contributed by atoms with E-state index in [0.29, 0.717) is 18.8 Å². The molecule has 1 aromatic rings. The maximum atomic E-state index is 12.0. The molecule has 0 aliphatic carbocycles. The quantitative estimate of drug-likeness (QED) is 0.850. The molecule has 1 N–H and O–H groups in total. The molecule has 2 rings (SSSR count). The largest absolute Gasteiger partial charge is 0.348 e. The molecule has 1 aliphatic heterocycles. The third-order valence-corrected chi connectivity index (χ3v) is 3.61. The van der Waals surface area contributed by atoms with Crippen LogP contribution in [0.2, 0.25) is 0 Å². The molecule has 0 saturated carbocycles. The van der Waals surface area contributed by atoms with Crippen molar-refractivity contribution in [2.24, 2.45) is 5.29 Å². The van der Waals surface area contributed by atoms with Crippen molar-refractivity contribution in [3.63, 3.8) is 0 Å². The van der Waals surface area contributed by atoms with Crippen LogP contribution in [0.3, 0.4) is 0 Å². The normalized spacial score (nSPS) is 16.7. The smallest absolute Gasteiger partial charge is 0.269 e. The number of piperidine rings is 1. The first-order valence-electron chi connectivity index (χ1n) is 5.85. The lowest BCUT2D eigenvalue weighted by Gasteiger charge is -2.28. The Morgan fingerprint density at radius 3 is 2.61 bits per heavy atom. The van der Waals surface area contributed by atoms with Crippen LogP contribution in [0.25, 0.3) is 0 Å². The fourth-order valence-corrected chi connectivity index (χ4v) is 2.23. The molecule has 0 unspecified atom stereocenters. The van der Waals surface area contributed by atoms with Gasteiger partial charge in [-0.25, -0.2) is 0 Å². The first-order chi connectivity index (χ1) is 8.61. The van der Waals surface area contributed by atoms with Gasteiger partial charge >= 0.3 is 0 Å². The number of halogens is 1. The Morgan fingerprint density at radius 1 is 1.44 bits per heavy atom. The van der Waals surface area contributed by atoms with Gasteiger partial charge in [0.2, 0.25) is 0 Å². The lowest BCUT2D eigenvalue weighted by molar-refractivity contribution is 0.0905. The SMILES string of the molecule is Cc1ccc(C(=O)NC2CCN(N=O)CC2)n1Cl. The molecule has 1 fully saturated rings. The van der Waals surface area contributed by atoms with E-state index in [1.165, 1.54) is 9.10 Å². The van der Waals surface area contributed by atoms with Crippen LogP contribution in [0.1, 0.15) is 29.0 Å². The second-order valence-electron chi connectivity index (χ2n) is 4.42. The van der Waals surface area contributed by atoms with E-state index in [2.05, 4.69) is 10.6 Å². The van der Waals surface area contributed by atoms with Crippen molar-refractivity contribution in [2.45, 2.75) is 25.8 Å². The van der Waals surface area contributed by atoms with Crippen molar-refractivity contribution in [3.8, 4) is 0 Å². The van der Waals surface area contributed by atoms with Gasteiger partial charge in [0.25, 0.3) is 5.91 Å². The fraction of sp³-hybridized carbons (Fsp3) is 0.545. The van der Waals surface area contributed by atoms with Crippen molar-refractivity contribution in [1.82, 2.24) is 14.4 Å². The van der Waals surface area contributed by atoms with Crippen LogP contribution in [0.5, 0.6) is 0 Å². The average molecular weight is 271 g/mol. The lowest BCUT2D eigenvalue weighted by Crippen LogP contribution is -2.43. The molecule has 0 bridgehead atoms. The van der Waals surface area contributed by atoms with Gasteiger partial charge in [-0.3, -0.25) is 13.9 Å². The minimum absolute atomic E-state index is 0.0716. The second kappa shape index (κ2) is 5.39. The zero-order valence-corrected chi connectivity index (χ0v) is 10.9. The number of aromatic nitrogens is 1. The predicted octanol–water partition coefficient (Wildman–Crippen LogP) is 1.67. The average Bonchev–Trinajstić information content (AvgIpc) is 2.71. The van der Waals surface area contributed by atoms with Crippen LogP contribution < -0.4 is 5.32 Å². The number of nitroso groups, excluding NO2 is 1. The summed E-state index contributed by atoms with van der Waals surface area (Å²) >= 11 is 5.96. The molecule has 1 aliphatic rings. The number of amides is 1. The van der Waals surface area contributed by atoms with Crippen molar-refractivity contribution in [2.75, 3.05) is 13.1 Å². The maximum absolute atomic E-state index is 12.0. The Morgan fingerprint density at radius 2 is 2.11 bits per heavy atom. The standard InChI is InChI=1S/C11H15ClN4O2/c1-8-2-3-10(16(8)12)11(17)13-9-4-6-15(14-18)7-5-9/h2-3,9H,4-7H2,1H3,(H,13,17). The van der Waals surface area contributed by atoms with Gasteiger partial charge in [0, 0.05) is 36.6 Å². The zero-order valence-electron chi connectivity index (χ0n) is 10.1. The van der Waals surface area contributed by atoms with Crippen LogP contribution in [-0.4, -0.2) is 34.1 Å². The van der Waals surface area contributed by atoms with E-state index in [1.54, 1.807) is 12.1 Å². The molecular weight excluding hydrogens is 256 g/mol. The van der Waals surface area contributed by atoms with Crippen LogP contribution in [0.4, 0.5) is 0 Å². The summed E-state index contributed by atoms with van der Waals surface area (Å²) in [6.07, 6.45) is 1.44. The minimum Gasteiger partial charge on any atom is -0.348 e. The Balaban J connectivity index is 1.92. The van der Waals surface area contributed by atoms with E-state index in [9.17, 15) is 9.70 Å². The van der Waals surface area contributed by atoms with E-state index < -0.39 is 0 Å². The molecule has 1 aromatic heterocycles. The summed E-state index contributed by atoms with van der Waals surface area (Å²) in [5, 5.41) is 7.27. The van der Waals surface area contributed by atoms with E-state index in [4.69, 9.17) is 11.8 Å². The summed E-state index contributed by atoms with van der Waals surface area (Å²) in [7, 11) is 0. The Labute approximate surface area is 110 Å². The number of carbonyl (C=O) groups is 1. The summed E-state index contributed by atoms with van der Waals surface area (Å²) < 4.78 is 1.34. The topological polar surface area (TPSA) is 66.7 Å². The van der Waals surface area contributed by atoms with Crippen molar-refractivity contribution < 1.29 is 4.79 Å². The molecule has 0 spiro atoms. The number of nitrogens with zero attached hydrogens (tertiary/aromatic N) is 3. The van der Waals surface area contributed by atoms with Crippen LogP contribution in [-0.2, 0) is 0 Å². The Kier molecular flexibility index (Phi) is 3.86. The van der Waals surface area contributed by atoms with Crippen LogP contribution in [0.15, 0.2) is 17.4 Å². The van der Waals surface area contributed by atoms with Gasteiger partial charge in [0.05, 0.1) is 5.29 Å². The number of rotatable bonds is 3. The first kappa shape index (κ1) is 12.9. The van der Waals surface area contributed by atoms with Crippen LogP contribution >= 0.6 is 11.8 Å². The monoisotopic (exact) mass is 270 g/mol. The molecule has 98 valence electrons. The summed E-state index contributed by atoms with van der Waals surface area (Å²) in [4.78, 5) is 22.3. The molecule has 0 radical (unpaired) electrons. The third kappa shape index (κ3) is 2.64. The summed E-state index contributed by atoms with van der Waals surface area (Å²) in [6, 6.07) is 3.56. The molecule has 0 aromatic carbocycles. The molecule has 18 heavy (non-hydrogen) atoms. The van der Waals surface area contributed by atoms with Gasteiger partial charge in [-0.2, -0.15) is 0 Å². The van der Waals surface area contributed by atoms with Gasteiger partial charge in [-0.1, -0.05) is 0 Å². The van der Waals surface area contributed by atoms with E-state index in [1.807, 2.05) is 6.92 Å². The highest BCUT2D eigenvalue weighted by Crippen LogP contribution is 2.13. The van der Waals surface area contributed by atoms with Gasteiger partial charge in [-0.15, -0.1) is 4.91 Å². The number of nitrogens with one attached hydrogen (secondary N) is 1. The first-order valence-corrected chi connectivity index (χ1v) is 6.19. The summed E-state index contributed by atoms with van der Waals surface area (Å²) in [5.41, 5.74) is 1.26. The molecule has 6 nitrogen and oxygen atoms in total. The molecule has 1 saturated heterocycles. The molecule has 7 heteroatoms. The maximum Gasteiger partial charge on any atom is 0.269 e. The predicted molar refractivity (Wildman–Crippen MR) is 68.3 cm³/mol. The van der Waals surface area contributed by atoms with Crippen LogP contribution in [0, 0.1) is 11.8 Å².